The van der Waals surface area contributed by atoms with Gasteiger partial charge in [-0.05, 0) is 18.6 Å². The summed E-state index contributed by atoms with van der Waals surface area (Å²) in [5.41, 5.74) is 0.686. The van der Waals surface area contributed by atoms with Gasteiger partial charge in [0.25, 0.3) is 0 Å². The second-order valence-corrected chi connectivity index (χ2v) is 4.01. The first-order valence-corrected chi connectivity index (χ1v) is 5.66. The predicted molar refractivity (Wildman–Crippen MR) is 63.5 cm³/mol. The Bertz CT molecular complexity index is 449. The molecule has 1 heterocycles. The third-order valence-electron chi connectivity index (χ3n) is 2.78. The van der Waals surface area contributed by atoms with E-state index in [-0.39, 0.29) is 12.3 Å². The topological polar surface area (TPSA) is 81.1 Å². The molecule has 1 amide bonds. The first-order chi connectivity index (χ1) is 8.61. The number of para-hydroxylation sites is 1. The number of aliphatic hydroxyl groups is 1. The van der Waals surface area contributed by atoms with Crippen molar-refractivity contribution >= 4 is 17.6 Å². The lowest BCUT2D eigenvalue weighted by Gasteiger charge is -2.40. The number of rotatable bonds is 3. The van der Waals surface area contributed by atoms with Gasteiger partial charge in [-0.25, -0.2) is 9.80 Å². The van der Waals surface area contributed by atoms with Crippen LogP contribution in [-0.2, 0) is 9.59 Å². The van der Waals surface area contributed by atoms with Crippen LogP contribution in [0.3, 0.4) is 0 Å². The van der Waals surface area contributed by atoms with E-state index in [9.17, 15) is 14.7 Å². The van der Waals surface area contributed by atoms with Crippen LogP contribution in [0.2, 0.25) is 0 Å². The molecule has 1 saturated heterocycles. The lowest BCUT2D eigenvalue weighted by atomic mass is 10.2. The number of aliphatic hydroxyl groups excluding tert-OH is 1. The molecule has 1 aromatic rings. The zero-order valence-corrected chi connectivity index (χ0v) is 9.69. The summed E-state index contributed by atoms with van der Waals surface area (Å²) in [5.74, 6) is -1.83. The summed E-state index contributed by atoms with van der Waals surface area (Å²) in [6, 6.07) is 8.94. The molecular weight excluding hydrogens is 236 g/mol. The number of hydrogen-bond acceptors (Lipinski definition) is 4. The normalized spacial score (nSPS) is 17.7. The molecule has 1 fully saturated rings. The second kappa shape index (κ2) is 5.05. The number of carbonyl (C=O) groups excluding carboxylic acids is 1. The number of hydrazine groups is 1. The van der Waals surface area contributed by atoms with E-state index in [1.807, 2.05) is 6.07 Å². The second-order valence-electron chi connectivity index (χ2n) is 4.01. The average molecular weight is 250 g/mol. The van der Waals surface area contributed by atoms with E-state index in [0.717, 1.165) is 5.01 Å². The molecule has 6 heteroatoms. The Kier molecular flexibility index (Phi) is 3.47. The third kappa shape index (κ3) is 2.28. The van der Waals surface area contributed by atoms with E-state index in [2.05, 4.69) is 0 Å². The Morgan fingerprint density at radius 3 is 2.56 bits per heavy atom. The maximum absolute atomic E-state index is 11.8. The molecule has 0 radical (unpaired) electrons. The van der Waals surface area contributed by atoms with E-state index in [1.54, 1.807) is 24.3 Å². The van der Waals surface area contributed by atoms with Crippen molar-refractivity contribution in [3.8, 4) is 0 Å². The SMILES string of the molecule is O=C(O)C(O)N1C(=O)CCCN1c1ccccc1. The van der Waals surface area contributed by atoms with Crippen LogP contribution in [0.5, 0.6) is 0 Å². The number of hydrogen-bond donors (Lipinski definition) is 2. The first-order valence-electron chi connectivity index (χ1n) is 5.66. The van der Waals surface area contributed by atoms with Crippen molar-refractivity contribution in [2.45, 2.75) is 19.1 Å². The zero-order chi connectivity index (χ0) is 13.1. The Morgan fingerprint density at radius 2 is 1.94 bits per heavy atom. The van der Waals surface area contributed by atoms with Gasteiger partial charge in [-0.2, -0.15) is 0 Å². The van der Waals surface area contributed by atoms with E-state index in [1.165, 1.54) is 5.01 Å². The number of amides is 1. The van der Waals surface area contributed by atoms with Crippen LogP contribution < -0.4 is 5.01 Å². The van der Waals surface area contributed by atoms with Gasteiger partial charge in [-0.3, -0.25) is 9.80 Å². The molecule has 6 nitrogen and oxygen atoms in total. The van der Waals surface area contributed by atoms with Crippen molar-refractivity contribution in [2.24, 2.45) is 0 Å². The van der Waals surface area contributed by atoms with Crippen molar-refractivity contribution < 1.29 is 19.8 Å². The molecule has 0 spiro atoms. The summed E-state index contributed by atoms with van der Waals surface area (Å²) in [6.07, 6.45) is -0.970. The Hall–Kier alpha value is -2.08. The quantitative estimate of drug-likeness (QED) is 0.813. The van der Waals surface area contributed by atoms with Gasteiger partial charge in [0.05, 0.1) is 5.69 Å². The number of carboxylic acid groups (broad SMARTS) is 1. The van der Waals surface area contributed by atoms with Gasteiger partial charge in [0.15, 0.2) is 0 Å². The summed E-state index contributed by atoms with van der Waals surface area (Å²) >= 11 is 0. The van der Waals surface area contributed by atoms with Crippen LogP contribution in [0, 0.1) is 0 Å². The van der Waals surface area contributed by atoms with Crippen molar-refractivity contribution in [2.75, 3.05) is 11.6 Å². The van der Waals surface area contributed by atoms with Gasteiger partial charge >= 0.3 is 5.97 Å². The van der Waals surface area contributed by atoms with Crippen LogP contribution >= 0.6 is 0 Å². The van der Waals surface area contributed by atoms with Crippen LogP contribution in [0.1, 0.15) is 12.8 Å². The summed E-state index contributed by atoms with van der Waals surface area (Å²) in [5, 5.41) is 20.9. The third-order valence-corrected chi connectivity index (χ3v) is 2.78. The highest BCUT2D eigenvalue weighted by molar-refractivity contribution is 5.85. The molecule has 0 saturated carbocycles. The fourth-order valence-electron chi connectivity index (χ4n) is 1.96. The van der Waals surface area contributed by atoms with Gasteiger partial charge in [-0.15, -0.1) is 0 Å². The fraction of sp³-hybridized carbons (Fsp3) is 0.333. The Morgan fingerprint density at radius 1 is 1.28 bits per heavy atom. The van der Waals surface area contributed by atoms with Gasteiger partial charge in [-0.1, -0.05) is 18.2 Å². The molecule has 1 aliphatic heterocycles. The monoisotopic (exact) mass is 250 g/mol. The molecule has 0 bridgehead atoms. The number of benzene rings is 1. The van der Waals surface area contributed by atoms with Crippen molar-refractivity contribution in [3.63, 3.8) is 0 Å². The minimum absolute atomic E-state index is 0.244. The number of carbonyl (C=O) groups is 2. The van der Waals surface area contributed by atoms with E-state index in [0.29, 0.717) is 18.7 Å². The lowest BCUT2D eigenvalue weighted by molar-refractivity contribution is -0.167. The highest BCUT2D eigenvalue weighted by Crippen LogP contribution is 2.23. The lowest BCUT2D eigenvalue weighted by Crippen LogP contribution is -2.58. The molecule has 1 atom stereocenters. The van der Waals surface area contributed by atoms with Crippen LogP contribution in [-0.4, -0.2) is 39.9 Å². The largest absolute Gasteiger partial charge is 0.478 e. The average Bonchev–Trinajstić information content (AvgIpc) is 2.38. The smallest absolute Gasteiger partial charge is 0.355 e. The molecule has 18 heavy (non-hydrogen) atoms. The maximum Gasteiger partial charge on any atom is 0.355 e. The van der Waals surface area contributed by atoms with E-state index >= 15 is 0 Å². The molecule has 2 N–H and O–H groups in total. The molecule has 0 aromatic heterocycles. The Balaban J connectivity index is 2.31. The number of nitrogens with zero attached hydrogens (tertiary/aromatic N) is 2. The van der Waals surface area contributed by atoms with Gasteiger partial charge in [0.2, 0.25) is 12.1 Å². The zero-order valence-electron chi connectivity index (χ0n) is 9.69. The first kappa shape index (κ1) is 12.4. The molecule has 0 aliphatic carbocycles. The fourth-order valence-corrected chi connectivity index (χ4v) is 1.96. The molecular formula is C12H14N2O4. The number of aliphatic carboxylic acids is 1. The van der Waals surface area contributed by atoms with Gasteiger partial charge in [0.1, 0.15) is 0 Å². The van der Waals surface area contributed by atoms with Crippen LogP contribution in [0.25, 0.3) is 0 Å². The molecule has 1 aromatic carbocycles. The minimum Gasteiger partial charge on any atom is -0.478 e. The summed E-state index contributed by atoms with van der Waals surface area (Å²) in [6.45, 7) is 0.500. The van der Waals surface area contributed by atoms with Gasteiger partial charge in [0, 0.05) is 13.0 Å². The highest BCUT2D eigenvalue weighted by Gasteiger charge is 2.35. The van der Waals surface area contributed by atoms with Crippen molar-refractivity contribution in [1.29, 1.82) is 0 Å². The van der Waals surface area contributed by atoms with E-state index < -0.39 is 12.2 Å². The van der Waals surface area contributed by atoms with Gasteiger partial charge < -0.3 is 10.2 Å². The molecule has 96 valence electrons. The number of carboxylic acids is 1. The van der Waals surface area contributed by atoms with E-state index in [4.69, 9.17) is 5.11 Å². The maximum atomic E-state index is 11.8. The summed E-state index contributed by atoms with van der Waals surface area (Å²) in [4.78, 5) is 22.6. The standard InChI is InChI=1S/C12H14N2O4/c15-10-7-4-8-13(9-5-2-1-3-6-9)14(10)11(16)12(17)18/h1-3,5-6,11,16H,4,7-8H2,(H,17,18). The summed E-state index contributed by atoms with van der Waals surface area (Å²) < 4.78 is 0. The number of anilines is 1. The minimum atomic E-state index is -1.85. The van der Waals surface area contributed by atoms with Crippen LogP contribution in [0.15, 0.2) is 30.3 Å². The van der Waals surface area contributed by atoms with Crippen molar-refractivity contribution in [1.82, 2.24) is 5.01 Å². The molecule has 1 aliphatic rings. The Labute approximate surface area is 104 Å². The predicted octanol–water partition coefficient (Wildman–Crippen LogP) is 0.433. The molecule has 1 unspecified atom stereocenters. The van der Waals surface area contributed by atoms with Crippen molar-refractivity contribution in [3.05, 3.63) is 30.3 Å². The van der Waals surface area contributed by atoms with Crippen LogP contribution in [0.4, 0.5) is 5.69 Å². The summed E-state index contributed by atoms with van der Waals surface area (Å²) in [7, 11) is 0. The highest BCUT2D eigenvalue weighted by atomic mass is 16.4. The molecule has 2 rings (SSSR count).